The molecule has 0 aliphatic carbocycles. The lowest BCUT2D eigenvalue weighted by atomic mass is 9.93. The molecule has 0 amide bonds. The lowest BCUT2D eigenvalue weighted by Gasteiger charge is -2.30. The van der Waals surface area contributed by atoms with Gasteiger partial charge >= 0.3 is 0 Å². The van der Waals surface area contributed by atoms with E-state index >= 15 is 0 Å². The van der Waals surface area contributed by atoms with Crippen molar-refractivity contribution in [2.24, 2.45) is 0 Å². The van der Waals surface area contributed by atoms with Crippen LogP contribution in [0.5, 0.6) is 0 Å². The number of aromatic nitrogens is 1. The van der Waals surface area contributed by atoms with Crippen LogP contribution in [0.2, 0.25) is 0 Å². The Kier molecular flexibility index (Phi) is 7.49. The number of benzene rings is 10. The molecule has 0 saturated carbocycles. The first-order chi connectivity index (χ1) is 27.8. The standard InChI is InChI=1S/C53H34N2O/c1-3-15-36(16-4-1)44-24-11-12-28-47(44)55(41-22-13-21-39(33-41)43-27-14-20-35-17-7-8-23-42(35)43)48-34-40-30-29-37-31-32-49-52(54-53(56-49)38-18-5-2-6-19-38)51(37)50(40)46-26-10-9-25-45(46)48/h1-34H. The summed E-state index contributed by atoms with van der Waals surface area (Å²) in [6, 6.07) is 73.6. The molecule has 10 aromatic carbocycles. The van der Waals surface area contributed by atoms with E-state index in [0.717, 1.165) is 71.8 Å². The number of para-hydroxylation sites is 1. The molecular formula is C53H34N2O. The zero-order valence-electron chi connectivity index (χ0n) is 30.4. The highest BCUT2D eigenvalue weighted by Gasteiger charge is 2.23. The minimum Gasteiger partial charge on any atom is -0.436 e. The predicted octanol–water partition coefficient (Wildman–Crippen LogP) is 14.9. The van der Waals surface area contributed by atoms with E-state index in [-0.39, 0.29) is 0 Å². The van der Waals surface area contributed by atoms with Crippen LogP contribution in [0, 0.1) is 0 Å². The zero-order valence-corrected chi connectivity index (χ0v) is 30.4. The maximum absolute atomic E-state index is 6.41. The fraction of sp³-hybridized carbons (Fsp3) is 0. The third kappa shape index (κ3) is 5.25. The van der Waals surface area contributed by atoms with E-state index in [0.29, 0.717) is 5.89 Å². The summed E-state index contributed by atoms with van der Waals surface area (Å²) in [6.45, 7) is 0. The van der Waals surface area contributed by atoms with Gasteiger partial charge in [-0.3, -0.25) is 0 Å². The highest BCUT2D eigenvalue weighted by atomic mass is 16.3. The van der Waals surface area contributed by atoms with Gasteiger partial charge < -0.3 is 9.32 Å². The molecule has 11 aromatic rings. The topological polar surface area (TPSA) is 29.3 Å². The molecular weight excluding hydrogens is 681 g/mol. The highest BCUT2D eigenvalue weighted by Crippen LogP contribution is 2.48. The van der Waals surface area contributed by atoms with E-state index in [1.807, 2.05) is 36.4 Å². The largest absolute Gasteiger partial charge is 0.436 e. The first-order valence-corrected chi connectivity index (χ1v) is 19.0. The van der Waals surface area contributed by atoms with Crippen molar-refractivity contribution in [3.05, 3.63) is 206 Å². The third-order valence-electron chi connectivity index (χ3n) is 11.0. The minimum absolute atomic E-state index is 0.626. The van der Waals surface area contributed by atoms with Crippen molar-refractivity contribution >= 4 is 71.3 Å². The molecule has 0 atom stereocenters. The van der Waals surface area contributed by atoms with Gasteiger partial charge in [0, 0.05) is 27.6 Å². The molecule has 0 fully saturated rings. The monoisotopic (exact) mass is 714 g/mol. The maximum Gasteiger partial charge on any atom is 0.227 e. The predicted molar refractivity (Wildman–Crippen MR) is 235 cm³/mol. The molecule has 0 aliphatic heterocycles. The van der Waals surface area contributed by atoms with Gasteiger partial charge in [-0.25, -0.2) is 4.98 Å². The molecule has 0 saturated heterocycles. The maximum atomic E-state index is 6.41. The minimum atomic E-state index is 0.626. The van der Waals surface area contributed by atoms with Gasteiger partial charge in [0.1, 0.15) is 5.52 Å². The summed E-state index contributed by atoms with van der Waals surface area (Å²) in [6.07, 6.45) is 0. The summed E-state index contributed by atoms with van der Waals surface area (Å²) in [5, 5.41) is 9.31. The normalized spacial score (nSPS) is 11.6. The molecule has 3 nitrogen and oxygen atoms in total. The number of fused-ring (bicyclic) bond motifs is 8. The Morgan fingerprint density at radius 1 is 0.375 bits per heavy atom. The van der Waals surface area contributed by atoms with Crippen LogP contribution in [-0.4, -0.2) is 4.98 Å². The molecule has 1 heterocycles. The van der Waals surface area contributed by atoms with Gasteiger partial charge in [-0.15, -0.1) is 0 Å². The molecule has 0 unspecified atom stereocenters. The van der Waals surface area contributed by atoms with Crippen molar-refractivity contribution in [1.29, 1.82) is 0 Å². The number of rotatable bonds is 6. The Labute approximate surface area is 324 Å². The Bertz CT molecular complexity index is 3250. The third-order valence-corrected chi connectivity index (χ3v) is 11.0. The van der Waals surface area contributed by atoms with E-state index in [1.165, 1.54) is 27.3 Å². The summed E-state index contributed by atoms with van der Waals surface area (Å²) in [7, 11) is 0. The van der Waals surface area contributed by atoms with E-state index in [4.69, 9.17) is 9.40 Å². The zero-order chi connectivity index (χ0) is 37.0. The van der Waals surface area contributed by atoms with Crippen molar-refractivity contribution < 1.29 is 4.42 Å². The average molecular weight is 715 g/mol. The van der Waals surface area contributed by atoms with Crippen LogP contribution in [0.15, 0.2) is 211 Å². The highest BCUT2D eigenvalue weighted by molar-refractivity contribution is 6.28. The molecule has 0 spiro atoms. The van der Waals surface area contributed by atoms with Gasteiger partial charge in [0.15, 0.2) is 5.58 Å². The average Bonchev–Trinajstić information content (AvgIpc) is 3.72. The smallest absolute Gasteiger partial charge is 0.227 e. The van der Waals surface area contributed by atoms with Gasteiger partial charge in [0.05, 0.1) is 11.4 Å². The quantitative estimate of drug-likeness (QED) is 0.161. The van der Waals surface area contributed by atoms with Gasteiger partial charge in [-0.05, 0) is 91.5 Å². The van der Waals surface area contributed by atoms with E-state index in [1.54, 1.807) is 0 Å². The molecule has 3 heteroatoms. The van der Waals surface area contributed by atoms with Gasteiger partial charge in [0.2, 0.25) is 5.89 Å². The van der Waals surface area contributed by atoms with E-state index < -0.39 is 0 Å². The summed E-state index contributed by atoms with van der Waals surface area (Å²) in [5.41, 5.74) is 10.6. The Morgan fingerprint density at radius 3 is 1.86 bits per heavy atom. The summed E-state index contributed by atoms with van der Waals surface area (Å²) in [5.74, 6) is 0.626. The van der Waals surface area contributed by atoms with Gasteiger partial charge in [-0.2, -0.15) is 0 Å². The molecule has 11 rings (SSSR count). The Hall–Kier alpha value is -7.49. The van der Waals surface area contributed by atoms with Crippen molar-refractivity contribution in [1.82, 2.24) is 4.98 Å². The number of anilines is 3. The summed E-state index contributed by atoms with van der Waals surface area (Å²) >= 11 is 0. The molecule has 0 radical (unpaired) electrons. The van der Waals surface area contributed by atoms with Crippen LogP contribution < -0.4 is 4.90 Å². The van der Waals surface area contributed by atoms with Crippen LogP contribution in [0.1, 0.15) is 0 Å². The number of nitrogens with zero attached hydrogens (tertiary/aromatic N) is 2. The summed E-state index contributed by atoms with van der Waals surface area (Å²) in [4.78, 5) is 7.60. The van der Waals surface area contributed by atoms with Gasteiger partial charge in [-0.1, -0.05) is 164 Å². The van der Waals surface area contributed by atoms with E-state index in [9.17, 15) is 0 Å². The fourth-order valence-electron chi connectivity index (χ4n) is 8.50. The number of hydrogen-bond donors (Lipinski definition) is 0. The number of hydrogen-bond acceptors (Lipinski definition) is 3. The second kappa shape index (κ2) is 13.1. The Morgan fingerprint density at radius 2 is 1.00 bits per heavy atom. The fourth-order valence-corrected chi connectivity index (χ4v) is 8.50. The first kappa shape index (κ1) is 32.0. The van der Waals surface area contributed by atoms with Crippen LogP contribution in [0.25, 0.3) is 87.9 Å². The SMILES string of the molecule is c1ccc(-c2nc3c(ccc4ccc5cc(N(c6cccc(-c7cccc8ccccc78)c6)c6ccccc6-c6ccccc6)c6ccccc6c5c43)o2)cc1. The van der Waals surface area contributed by atoms with Crippen molar-refractivity contribution in [3.63, 3.8) is 0 Å². The molecule has 262 valence electrons. The van der Waals surface area contributed by atoms with Crippen LogP contribution in [-0.2, 0) is 0 Å². The van der Waals surface area contributed by atoms with Crippen molar-refractivity contribution in [2.45, 2.75) is 0 Å². The van der Waals surface area contributed by atoms with Gasteiger partial charge in [0.25, 0.3) is 0 Å². The van der Waals surface area contributed by atoms with E-state index in [2.05, 4.69) is 175 Å². The van der Waals surface area contributed by atoms with Crippen molar-refractivity contribution in [3.8, 4) is 33.7 Å². The molecule has 56 heavy (non-hydrogen) atoms. The molecule has 1 aromatic heterocycles. The summed E-state index contributed by atoms with van der Waals surface area (Å²) < 4.78 is 6.41. The first-order valence-electron chi connectivity index (χ1n) is 19.0. The second-order valence-electron chi connectivity index (χ2n) is 14.3. The molecule has 0 aliphatic rings. The van der Waals surface area contributed by atoms with Crippen LogP contribution in [0.4, 0.5) is 17.1 Å². The molecule has 0 bridgehead atoms. The molecule has 0 N–H and O–H groups in total. The lowest BCUT2D eigenvalue weighted by Crippen LogP contribution is -2.12. The van der Waals surface area contributed by atoms with Crippen LogP contribution >= 0.6 is 0 Å². The lowest BCUT2D eigenvalue weighted by molar-refractivity contribution is 0.620. The number of oxazole rings is 1. The van der Waals surface area contributed by atoms with Crippen LogP contribution in [0.3, 0.4) is 0 Å². The second-order valence-corrected chi connectivity index (χ2v) is 14.3. The van der Waals surface area contributed by atoms with Crippen molar-refractivity contribution in [2.75, 3.05) is 4.90 Å². The Balaban J connectivity index is 1.20.